The van der Waals surface area contributed by atoms with E-state index in [4.69, 9.17) is 0 Å². The van der Waals surface area contributed by atoms with Crippen LogP contribution in [0.2, 0.25) is 0 Å². The number of benzene rings is 1. The summed E-state index contributed by atoms with van der Waals surface area (Å²) in [6.45, 7) is 1.76. The van der Waals surface area contributed by atoms with Crippen LogP contribution in [0.4, 0.5) is 11.4 Å². The molecule has 8 heteroatoms. The van der Waals surface area contributed by atoms with Crippen LogP contribution in [0.5, 0.6) is 0 Å². The molecule has 112 valence electrons. The molecule has 0 saturated heterocycles. The summed E-state index contributed by atoms with van der Waals surface area (Å²) in [5, 5.41) is 4.39. The maximum absolute atomic E-state index is 12.2. The fourth-order valence-corrected chi connectivity index (χ4v) is 4.94. The van der Waals surface area contributed by atoms with E-state index < -0.39 is 10.0 Å². The van der Waals surface area contributed by atoms with Crippen molar-refractivity contribution >= 4 is 54.6 Å². The second-order valence-corrected chi connectivity index (χ2v) is 7.79. The molecule has 0 atom stereocenters. The third kappa shape index (κ3) is 4.05. The van der Waals surface area contributed by atoms with Gasteiger partial charge in [-0.3, -0.25) is 9.52 Å². The highest BCUT2D eigenvalue weighted by Crippen LogP contribution is 2.29. The largest absolute Gasteiger partial charge is 0.326 e. The average Bonchev–Trinajstić information content (AvgIpc) is 2.87. The van der Waals surface area contributed by atoms with Crippen molar-refractivity contribution in [2.75, 3.05) is 10.0 Å². The summed E-state index contributed by atoms with van der Waals surface area (Å²) < 4.78 is 27.6. The number of nitrogens with one attached hydrogen (secondary N) is 2. The number of halogens is 1. The molecule has 0 aliphatic rings. The Kier molecular flexibility index (Phi) is 5.02. The Balaban J connectivity index is 2.14. The van der Waals surface area contributed by atoms with Gasteiger partial charge in [-0.1, -0.05) is 6.92 Å². The lowest BCUT2D eigenvalue weighted by Crippen LogP contribution is -2.12. The number of amides is 1. The number of thiophene rings is 1. The fourth-order valence-electron chi connectivity index (χ4n) is 1.54. The SMILES string of the molecule is CCC(=O)Nc1ccc(NS(=O)(=O)c2sccc2Br)cc1. The fraction of sp³-hybridized carbons (Fsp3) is 0.154. The third-order valence-electron chi connectivity index (χ3n) is 2.57. The Morgan fingerprint density at radius 1 is 1.19 bits per heavy atom. The first kappa shape index (κ1) is 16.0. The minimum atomic E-state index is -3.61. The van der Waals surface area contributed by atoms with Crippen LogP contribution in [0, 0.1) is 0 Å². The lowest BCUT2D eigenvalue weighted by atomic mass is 10.3. The number of hydrogen-bond acceptors (Lipinski definition) is 4. The zero-order valence-corrected chi connectivity index (χ0v) is 14.3. The molecule has 2 N–H and O–H groups in total. The summed E-state index contributed by atoms with van der Waals surface area (Å²) in [5.41, 5.74) is 1.06. The first-order valence-electron chi connectivity index (χ1n) is 6.08. The number of carbonyl (C=O) groups excluding carboxylic acids is 1. The van der Waals surface area contributed by atoms with E-state index in [0.29, 0.717) is 22.3 Å². The van der Waals surface area contributed by atoms with Crippen LogP contribution >= 0.6 is 27.3 Å². The van der Waals surface area contributed by atoms with E-state index in [-0.39, 0.29) is 10.1 Å². The predicted octanol–water partition coefficient (Wildman–Crippen LogP) is 3.66. The molecule has 2 aromatic rings. The molecule has 0 unspecified atom stereocenters. The molecule has 1 heterocycles. The Bertz CT molecular complexity index is 739. The minimum Gasteiger partial charge on any atom is -0.326 e. The van der Waals surface area contributed by atoms with E-state index in [9.17, 15) is 13.2 Å². The highest BCUT2D eigenvalue weighted by atomic mass is 79.9. The van der Waals surface area contributed by atoms with E-state index in [0.717, 1.165) is 11.3 Å². The highest BCUT2D eigenvalue weighted by molar-refractivity contribution is 9.10. The van der Waals surface area contributed by atoms with Gasteiger partial charge in [0.15, 0.2) is 4.21 Å². The predicted molar refractivity (Wildman–Crippen MR) is 88.2 cm³/mol. The quantitative estimate of drug-likeness (QED) is 0.820. The molecule has 0 radical (unpaired) electrons. The van der Waals surface area contributed by atoms with E-state index >= 15 is 0 Å². The second kappa shape index (κ2) is 6.59. The normalized spacial score (nSPS) is 11.1. The lowest BCUT2D eigenvalue weighted by molar-refractivity contribution is -0.115. The van der Waals surface area contributed by atoms with Crippen LogP contribution in [0.3, 0.4) is 0 Å². The summed E-state index contributed by atoms with van der Waals surface area (Å²) in [4.78, 5) is 11.3. The second-order valence-electron chi connectivity index (χ2n) is 4.14. The summed E-state index contributed by atoms with van der Waals surface area (Å²) >= 11 is 4.34. The van der Waals surface area contributed by atoms with Crippen molar-refractivity contribution in [3.63, 3.8) is 0 Å². The van der Waals surface area contributed by atoms with Crippen LogP contribution in [-0.4, -0.2) is 14.3 Å². The third-order valence-corrected chi connectivity index (χ3v) is 6.62. The molecule has 0 aliphatic carbocycles. The Morgan fingerprint density at radius 3 is 2.33 bits per heavy atom. The Hall–Kier alpha value is -1.38. The van der Waals surface area contributed by atoms with E-state index in [1.165, 1.54) is 0 Å². The monoisotopic (exact) mass is 388 g/mol. The number of carbonyl (C=O) groups is 1. The molecule has 0 saturated carbocycles. The molecule has 1 aromatic heterocycles. The van der Waals surface area contributed by atoms with Gasteiger partial charge < -0.3 is 5.32 Å². The standard InChI is InChI=1S/C13H13BrN2O3S2/c1-2-12(17)15-9-3-5-10(6-4-9)16-21(18,19)13-11(14)7-8-20-13/h3-8,16H,2H2,1H3,(H,15,17). The van der Waals surface area contributed by atoms with Crippen molar-refractivity contribution in [2.24, 2.45) is 0 Å². The smallest absolute Gasteiger partial charge is 0.272 e. The molecule has 1 amide bonds. The van der Waals surface area contributed by atoms with E-state index in [1.54, 1.807) is 42.6 Å². The average molecular weight is 389 g/mol. The summed E-state index contributed by atoms with van der Waals surface area (Å²) in [6, 6.07) is 8.18. The van der Waals surface area contributed by atoms with Crippen molar-refractivity contribution in [3.8, 4) is 0 Å². The van der Waals surface area contributed by atoms with Crippen LogP contribution in [-0.2, 0) is 14.8 Å². The zero-order valence-electron chi connectivity index (χ0n) is 11.1. The number of sulfonamides is 1. The minimum absolute atomic E-state index is 0.0918. The summed E-state index contributed by atoms with van der Waals surface area (Å²) in [6.07, 6.45) is 0.390. The molecule has 1 aromatic carbocycles. The van der Waals surface area contributed by atoms with Crippen LogP contribution in [0.15, 0.2) is 44.4 Å². The van der Waals surface area contributed by atoms with Crippen molar-refractivity contribution < 1.29 is 13.2 Å². The molecule has 2 rings (SSSR count). The molecule has 21 heavy (non-hydrogen) atoms. The number of hydrogen-bond donors (Lipinski definition) is 2. The maximum Gasteiger partial charge on any atom is 0.272 e. The zero-order chi connectivity index (χ0) is 15.5. The first-order valence-corrected chi connectivity index (χ1v) is 9.23. The first-order chi connectivity index (χ1) is 9.92. The van der Waals surface area contributed by atoms with Gasteiger partial charge in [-0.15, -0.1) is 11.3 Å². The molecular weight excluding hydrogens is 376 g/mol. The summed E-state index contributed by atoms with van der Waals surface area (Å²) in [7, 11) is -3.61. The molecule has 0 fully saturated rings. The Morgan fingerprint density at radius 2 is 1.81 bits per heavy atom. The van der Waals surface area contributed by atoms with Crippen molar-refractivity contribution in [1.82, 2.24) is 0 Å². The highest BCUT2D eigenvalue weighted by Gasteiger charge is 2.19. The van der Waals surface area contributed by atoms with Gasteiger partial charge >= 0.3 is 0 Å². The molecule has 0 spiro atoms. The topological polar surface area (TPSA) is 75.3 Å². The molecule has 0 aliphatic heterocycles. The lowest BCUT2D eigenvalue weighted by Gasteiger charge is -2.08. The van der Waals surface area contributed by atoms with E-state index in [2.05, 4.69) is 26.0 Å². The van der Waals surface area contributed by atoms with Crippen molar-refractivity contribution in [3.05, 3.63) is 40.2 Å². The van der Waals surface area contributed by atoms with Crippen LogP contribution in [0.25, 0.3) is 0 Å². The van der Waals surface area contributed by atoms with Crippen LogP contribution < -0.4 is 10.0 Å². The van der Waals surface area contributed by atoms with Gasteiger partial charge in [-0.05, 0) is 51.6 Å². The summed E-state index contributed by atoms with van der Waals surface area (Å²) in [5.74, 6) is -0.0918. The van der Waals surface area contributed by atoms with Gasteiger partial charge in [-0.2, -0.15) is 0 Å². The van der Waals surface area contributed by atoms with Gasteiger partial charge in [0.05, 0.1) is 0 Å². The van der Waals surface area contributed by atoms with Gasteiger partial charge in [0.2, 0.25) is 5.91 Å². The van der Waals surface area contributed by atoms with E-state index in [1.807, 2.05) is 0 Å². The van der Waals surface area contributed by atoms with Crippen molar-refractivity contribution in [2.45, 2.75) is 17.6 Å². The van der Waals surface area contributed by atoms with Crippen molar-refractivity contribution in [1.29, 1.82) is 0 Å². The van der Waals surface area contributed by atoms with Gasteiger partial charge in [0.25, 0.3) is 10.0 Å². The van der Waals surface area contributed by atoms with Crippen LogP contribution in [0.1, 0.15) is 13.3 Å². The Labute approximate surface area is 135 Å². The van der Waals surface area contributed by atoms with Gasteiger partial charge in [0.1, 0.15) is 0 Å². The number of rotatable bonds is 5. The van der Waals surface area contributed by atoms with Gasteiger partial charge in [0, 0.05) is 22.3 Å². The molecular formula is C13H13BrN2O3S2. The number of anilines is 2. The maximum atomic E-state index is 12.2. The molecule has 0 bridgehead atoms. The van der Waals surface area contributed by atoms with Gasteiger partial charge in [-0.25, -0.2) is 8.42 Å². The molecule has 5 nitrogen and oxygen atoms in total.